The molecule has 0 aromatic heterocycles. The molecule has 2 fully saturated rings. The lowest BCUT2D eigenvalue weighted by molar-refractivity contribution is -0.146. The van der Waals surface area contributed by atoms with Gasteiger partial charge in [0, 0.05) is 12.0 Å². The summed E-state index contributed by atoms with van der Waals surface area (Å²) in [4.78, 5) is 24.8. The number of ketones is 1. The fourth-order valence-corrected chi connectivity index (χ4v) is 3.65. The maximum atomic E-state index is 12.8. The smallest absolute Gasteiger partial charge is 0.265 e. The molecular weight excluding hydrogens is 348 g/mol. The summed E-state index contributed by atoms with van der Waals surface area (Å²) in [7, 11) is 0. The van der Waals surface area contributed by atoms with E-state index in [1.165, 1.54) is 24.0 Å². The maximum Gasteiger partial charge on any atom is 0.265 e. The van der Waals surface area contributed by atoms with Crippen molar-refractivity contribution in [3.8, 4) is 0 Å². The molecule has 26 heavy (non-hydrogen) atoms. The zero-order chi connectivity index (χ0) is 18.3. The van der Waals surface area contributed by atoms with E-state index < -0.39 is 16.6 Å². The van der Waals surface area contributed by atoms with E-state index in [4.69, 9.17) is 11.6 Å². The lowest BCUT2D eigenvalue weighted by Crippen LogP contribution is -2.42. The molecule has 4 rings (SSSR count). The van der Waals surface area contributed by atoms with Crippen molar-refractivity contribution in [3.63, 3.8) is 0 Å². The molecule has 1 unspecified atom stereocenters. The number of hydrogen-bond donors (Lipinski definition) is 1. The summed E-state index contributed by atoms with van der Waals surface area (Å²) in [5, 5.41) is 9.80. The molecule has 0 bridgehead atoms. The molecule has 2 aromatic rings. The van der Waals surface area contributed by atoms with Gasteiger partial charge in [-0.3, -0.25) is 9.59 Å². The van der Waals surface area contributed by atoms with Crippen molar-refractivity contribution in [1.82, 2.24) is 0 Å². The Morgan fingerprint density at radius 2 is 1.35 bits per heavy atom. The maximum absolute atomic E-state index is 12.8. The lowest BCUT2D eigenvalue weighted by atomic mass is 9.86. The molecule has 2 saturated carbocycles. The second-order valence-electron chi connectivity index (χ2n) is 7.50. The van der Waals surface area contributed by atoms with Crippen molar-refractivity contribution in [1.29, 1.82) is 0 Å². The van der Waals surface area contributed by atoms with Gasteiger partial charge >= 0.3 is 0 Å². The number of halogens is 1. The topological polar surface area (TPSA) is 54.4 Å². The molecule has 0 heterocycles. The minimum absolute atomic E-state index is 0.0374. The Hall–Kier alpha value is -1.97. The number of carbonyl (C=O) groups excluding carboxylic acids is 2. The highest BCUT2D eigenvalue weighted by Crippen LogP contribution is 2.41. The summed E-state index contributed by atoms with van der Waals surface area (Å²) in [6, 6.07) is 14.8. The van der Waals surface area contributed by atoms with E-state index in [1.54, 1.807) is 12.1 Å². The molecular formula is C22H21ClO3. The van der Waals surface area contributed by atoms with Gasteiger partial charge in [0.1, 0.15) is 0 Å². The SMILES string of the molecule is O=C(Cl)C(O)(C(=O)Cc1ccc(C2CC2)cc1)c1ccc(C2CC2)cc1. The molecule has 0 spiro atoms. The molecule has 4 heteroatoms. The summed E-state index contributed by atoms with van der Waals surface area (Å²) in [5.41, 5.74) is 1.15. The van der Waals surface area contributed by atoms with Crippen molar-refractivity contribution < 1.29 is 14.7 Å². The normalized spacial score (nSPS) is 19.0. The van der Waals surface area contributed by atoms with Crippen molar-refractivity contribution >= 4 is 22.6 Å². The van der Waals surface area contributed by atoms with E-state index in [1.807, 2.05) is 36.4 Å². The lowest BCUT2D eigenvalue weighted by Gasteiger charge is -2.23. The van der Waals surface area contributed by atoms with Crippen LogP contribution in [0.25, 0.3) is 0 Å². The fraction of sp³-hybridized carbons (Fsp3) is 0.364. The van der Waals surface area contributed by atoms with Crippen LogP contribution in [-0.2, 0) is 21.6 Å². The average molecular weight is 369 g/mol. The van der Waals surface area contributed by atoms with Gasteiger partial charge in [-0.1, -0.05) is 48.5 Å². The number of aliphatic hydroxyl groups is 1. The second kappa shape index (κ2) is 6.64. The highest BCUT2D eigenvalue weighted by atomic mass is 35.5. The minimum Gasteiger partial charge on any atom is -0.370 e. The number of benzene rings is 2. The Kier molecular flexibility index (Phi) is 4.45. The molecule has 2 aromatic carbocycles. The highest BCUT2D eigenvalue weighted by molar-refractivity contribution is 6.67. The monoisotopic (exact) mass is 368 g/mol. The molecule has 1 N–H and O–H groups in total. The Morgan fingerprint density at radius 1 is 0.885 bits per heavy atom. The Morgan fingerprint density at radius 3 is 1.77 bits per heavy atom. The molecule has 2 aliphatic carbocycles. The van der Waals surface area contributed by atoms with Gasteiger partial charge in [0.05, 0.1) is 0 Å². The minimum atomic E-state index is -2.31. The molecule has 0 aliphatic heterocycles. The summed E-state index contributed by atoms with van der Waals surface area (Å²) >= 11 is 5.66. The summed E-state index contributed by atoms with van der Waals surface area (Å²) in [6.07, 6.45) is 4.72. The third-order valence-corrected chi connectivity index (χ3v) is 5.73. The van der Waals surface area contributed by atoms with Crippen LogP contribution in [-0.4, -0.2) is 16.1 Å². The summed E-state index contributed by atoms with van der Waals surface area (Å²) in [5.74, 6) is 0.603. The van der Waals surface area contributed by atoms with Gasteiger partial charge in [-0.2, -0.15) is 0 Å². The number of hydrogen-bond acceptors (Lipinski definition) is 3. The van der Waals surface area contributed by atoms with Crippen LogP contribution in [0, 0.1) is 0 Å². The first-order valence-electron chi connectivity index (χ1n) is 9.13. The highest BCUT2D eigenvalue weighted by Gasteiger charge is 2.44. The van der Waals surface area contributed by atoms with Crippen LogP contribution in [0.3, 0.4) is 0 Å². The standard InChI is InChI=1S/C22H21ClO3/c23-21(25)22(26,19-11-9-18(10-12-19)17-7-8-17)20(24)13-14-1-3-15(4-2-14)16-5-6-16/h1-4,9-12,16-17,26H,5-8,13H2. The van der Waals surface area contributed by atoms with E-state index in [0.29, 0.717) is 11.8 Å². The van der Waals surface area contributed by atoms with Crippen molar-refractivity contribution in [3.05, 3.63) is 70.8 Å². The fourth-order valence-electron chi connectivity index (χ4n) is 3.43. The van der Waals surface area contributed by atoms with Crippen LogP contribution in [0.2, 0.25) is 0 Å². The Bertz CT molecular complexity index is 833. The van der Waals surface area contributed by atoms with Crippen molar-refractivity contribution in [2.75, 3.05) is 0 Å². The second-order valence-corrected chi connectivity index (χ2v) is 7.84. The van der Waals surface area contributed by atoms with E-state index in [-0.39, 0.29) is 12.0 Å². The van der Waals surface area contributed by atoms with Crippen LogP contribution in [0.15, 0.2) is 48.5 Å². The number of carbonyl (C=O) groups is 2. The van der Waals surface area contributed by atoms with E-state index >= 15 is 0 Å². The largest absolute Gasteiger partial charge is 0.370 e. The van der Waals surface area contributed by atoms with Crippen LogP contribution < -0.4 is 0 Å². The molecule has 0 radical (unpaired) electrons. The van der Waals surface area contributed by atoms with Crippen LogP contribution >= 0.6 is 11.6 Å². The number of rotatable bonds is 7. The quantitative estimate of drug-likeness (QED) is 0.588. The van der Waals surface area contributed by atoms with Crippen LogP contribution in [0.4, 0.5) is 0 Å². The van der Waals surface area contributed by atoms with Gasteiger partial charge in [0.15, 0.2) is 5.78 Å². The van der Waals surface area contributed by atoms with Gasteiger partial charge in [0.2, 0.25) is 5.60 Å². The van der Waals surface area contributed by atoms with E-state index in [2.05, 4.69) is 0 Å². The van der Waals surface area contributed by atoms with Crippen LogP contribution in [0.1, 0.15) is 59.8 Å². The first kappa shape index (κ1) is 17.4. The molecule has 3 nitrogen and oxygen atoms in total. The molecule has 2 aliphatic rings. The summed E-state index contributed by atoms with van der Waals surface area (Å²) < 4.78 is 0. The van der Waals surface area contributed by atoms with Gasteiger partial charge in [-0.05, 0) is 65.8 Å². The summed E-state index contributed by atoms with van der Waals surface area (Å²) in [6.45, 7) is 0. The predicted octanol–water partition coefficient (Wildman–Crippen LogP) is 4.21. The first-order valence-corrected chi connectivity index (χ1v) is 9.51. The Balaban J connectivity index is 1.55. The van der Waals surface area contributed by atoms with Gasteiger partial charge in [0.25, 0.3) is 5.24 Å². The van der Waals surface area contributed by atoms with Crippen LogP contribution in [0.5, 0.6) is 0 Å². The third-order valence-electron chi connectivity index (χ3n) is 5.46. The van der Waals surface area contributed by atoms with Gasteiger partial charge < -0.3 is 5.11 Å². The average Bonchev–Trinajstić information content (AvgIpc) is 3.54. The third kappa shape index (κ3) is 3.34. The molecule has 1 atom stereocenters. The predicted molar refractivity (Wildman–Crippen MR) is 100 cm³/mol. The molecule has 0 amide bonds. The van der Waals surface area contributed by atoms with Gasteiger partial charge in [-0.15, -0.1) is 0 Å². The zero-order valence-electron chi connectivity index (χ0n) is 14.5. The zero-order valence-corrected chi connectivity index (χ0v) is 15.2. The first-order chi connectivity index (χ1) is 12.5. The van der Waals surface area contributed by atoms with E-state index in [9.17, 15) is 14.7 Å². The Labute approximate surface area is 158 Å². The van der Waals surface area contributed by atoms with Crippen molar-refractivity contribution in [2.24, 2.45) is 0 Å². The van der Waals surface area contributed by atoms with E-state index in [0.717, 1.165) is 18.4 Å². The molecule has 0 saturated heterocycles. The molecule has 134 valence electrons. The van der Waals surface area contributed by atoms with Crippen molar-refractivity contribution in [2.45, 2.75) is 49.5 Å². The van der Waals surface area contributed by atoms with Gasteiger partial charge in [-0.25, -0.2) is 0 Å². The number of Topliss-reactive ketones (excluding diaryl/α,β-unsaturated/α-hetero) is 1.